The third kappa shape index (κ3) is 5.15. The summed E-state index contributed by atoms with van der Waals surface area (Å²) < 4.78 is 14.3. The zero-order chi connectivity index (χ0) is 23.0. The number of nitrogens with one attached hydrogen (secondary N) is 1. The number of hydrogen-bond donors (Lipinski definition) is 1. The van der Waals surface area contributed by atoms with Gasteiger partial charge in [-0.3, -0.25) is 9.59 Å². The van der Waals surface area contributed by atoms with E-state index in [1.165, 1.54) is 20.2 Å². The third-order valence-electron chi connectivity index (χ3n) is 6.58. The summed E-state index contributed by atoms with van der Waals surface area (Å²) in [6.45, 7) is 14.6. The van der Waals surface area contributed by atoms with Gasteiger partial charge in [0, 0.05) is 45.0 Å². The van der Waals surface area contributed by atoms with Crippen LogP contribution in [-0.4, -0.2) is 47.4 Å². The van der Waals surface area contributed by atoms with Crippen LogP contribution >= 0.6 is 0 Å². The van der Waals surface area contributed by atoms with Gasteiger partial charge in [0.1, 0.15) is 23.9 Å². The predicted molar refractivity (Wildman–Crippen MR) is 122 cm³/mol. The van der Waals surface area contributed by atoms with Crippen LogP contribution in [0.4, 0.5) is 5.82 Å². The zero-order valence-electron chi connectivity index (χ0n) is 19.6. The first-order valence-electron chi connectivity index (χ1n) is 10.8. The lowest BCUT2D eigenvalue weighted by molar-refractivity contribution is -0.148. The van der Waals surface area contributed by atoms with Crippen molar-refractivity contribution in [1.82, 2.24) is 14.5 Å². The fourth-order valence-corrected chi connectivity index (χ4v) is 4.95. The molecule has 1 amide bonds. The van der Waals surface area contributed by atoms with Crippen LogP contribution in [0.1, 0.15) is 53.5 Å². The van der Waals surface area contributed by atoms with Gasteiger partial charge in [-0.1, -0.05) is 20.8 Å². The molecule has 9 heteroatoms. The van der Waals surface area contributed by atoms with Crippen molar-refractivity contribution in [1.29, 1.82) is 0 Å². The van der Waals surface area contributed by atoms with Crippen molar-refractivity contribution in [2.75, 3.05) is 11.9 Å². The molecule has 0 spiro atoms. The average molecular weight is 447 g/mol. The van der Waals surface area contributed by atoms with Gasteiger partial charge < -0.3 is 19.0 Å². The molecule has 0 bridgehead atoms. The molecule has 3 rings (SSSR count). The highest BCUT2D eigenvalue weighted by Crippen LogP contribution is 2.42. The first-order valence-corrected chi connectivity index (χ1v) is 13.7. The van der Waals surface area contributed by atoms with Gasteiger partial charge in [0.2, 0.25) is 5.91 Å². The van der Waals surface area contributed by atoms with Gasteiger partial charge in [0.05, 0.1) is 5.39 Å². The highest BCUT2D eigenvalue weighted by atomic mass is 28.4. The van der Waals surface area contributed by atoms with Gasteiger partial charge in [-0.05, 0) is 30.6 Å². The molecule has 2 heterocycles. The number of anilines is 1. The molecule has 3 atom stereocenters. The highest BCUT2D eigenvalue weighted by molar-refractivity contribution is 6.74. The summed E-state index contributed by atoms with van der Waals surface area (Å²) in [5.41, 5.74) is 0.760. The van der Waals surface area contributed by atoms with E-state index >= 15 is 0 Å². The Morgan fingerprint density at radius 2 is 1.94 bits per heavy atom. The topological polar surface area (TPSA) is 95.3 Å². The molecule has 0 saturated heterocycles. The van der Waals surface area contributed by atoms with Crippen molar-refractivity contribution < 1.29 is 18.8 Å². The van der Waals surface area contributed by atoms with Gasteiger partial charge in [0.15, 0.2) is 8.32 Å². The van der Waals surface area contributed by atoms with E-state index in [1.54, 1.807) is 0 Å². The molecule has 0 aliphatic heterocycles. The Bertz CT molecular complexity index is 966. The van der Waals surface area contributed by atoms with E-state index in [0.717, 1.165) is 17.5 Å². The van der Waals surface area contributed by atoms with Crippen molar-refractivity contribution in [3.05, 3.63) is 18.6 Å². The lowest BCUT2D eigenvalue weighted by Gasteiger charge is -2.37. The Morgan fingerprint density at radius 3 is 2.55 bits per heavy atom. The van der Waals surface area contributed by atoms with Crippen LogP contribution < -0.4 is 5.32 Å². The van der Waals surface area contributed by atoms with E-state index in [0.29, 0.717) is 18.8 Å². The summed E-state index contributed by atoms with van der Waals surface area (Å²) >= 11 is 0. The van der Waals surface area contributed by atoms with Gasteiger partial charge >= 0.3 is 5.97 Å². The van der Waals surface area contributed by atoms with E-state index in [9.17, 15) is 9.59 Å². The molecule has 31 heavy (non-hydrogen) atoms. The fourth-order valence-electron chi connectivity index (χ4n) is 3.88. The number of aromatic nitrogens is 3. The van der Waals surface area contributed by atoms with Crippen LogP contribution in [0.3, 0.4) is 0 Å². The summed E-state index contributed by atoms with van der Waals surface area (Å²) in [5.74, 6) is 0.183. The molecular weight excluding hydrogens is 412 g/mol. The summed E-state index contributed by atoms with van der Waals surface area (Å²) in [5, 5.41) is 3.67. The largest absolute Gasteiger partial charge is 0.462 e. The van der Waals surface area contributed by atoms with Crippen molar-refractivity contribution in [3.63, 3.8) is 0 Å². The van der Waals surface area contributed by atoms with Crippen molar-refractivity contribution in [2.24, 2.45) is 5.92 Å². The number of nitrogens with zero attached hydrogens (tertiary/aromatic N) is 3. The molecule has 1 saturated carbocycles. The molecule has 1 N–H and O–H groups in total. The Balaban J connectivity index is 1.83. The first-order chi connectivity index (χ1) is 14.4. The van der Waals surface area contributed by atoms with Crippen molar-refractivity contribution in [3.8, 4) is 0 Å². The Labute approximate surface area is 184 Å². The molecule has 0 radical (unpaired) electrons. The van der Waals surface area contributed by atoms with Gasteiger partial charge in [-0.15, -0.1) is 0 Å². The molecule has 1 fully saturated rings. The second-order valence-electron chi connectivity index (χ2n) is 9.97. The Hall–Kier alpha value is -2.26. The van der Waals surface area contributed by atoms with E-state index in [-0.39, 0.29) is 35.0 Å². The van der Waals surface area contributed by atoms with Gasteiger partial charge in [0.25, 0.3) is 0 Å². The second kappa shape index (κ2) is 8.70. The maximum absolute atomic E-state index is 11.7. The zero-order valence-corrected chi connectivity index (χ0v) is 20.6. The number of ether oxygens (including phenoxy) is 1. The summed E-state index contributed by atoms with van der Waals surface area (Å²) in [7, 11) is -1.91. The number of carbonyl (C=O) groups excluding carboxylic acids is 2. The normalized spacial score (nSPS) is 22.0. The third-order valence-corrected chi connectivity index (χ3v) is 11.1. The summed E-state index contributed by atoms with van der Waals surface area (Å²) in [4.78, 5) is 31.9. The smallest absolute Gasteiger partial charge is 0.302 e. The minimum atomic E-state index is -1.91. The van der Waals surface area contributed by atoms with Crippen molar-refractivity contribution >= 4 is 37.0 Å². The number of rotatable bonds is 6. The van der Waals surface area contributed by atoms with Crippen LogP contribution in [0.15, 0.2) is 18.6 Å². The number of amides is 1. The fraction of sp³-hybridized carbons (Fsp3) is 0.636. The first kappa shape index (κ1) is 23.4. The molecule has 1 aliphatic rings. The lowest BCUT2D eigenvalue weighted by atomic mass is 10.1. The Kier molecular flexibility index (Phi) is 6.57. The molecule has 170 valence electrons. The minimum absolute atomic E-state index is 0.120. The Morgan fingerprint density at radius 1 is 1.23 bits per heavy atom. The molecule has 1 aliphatic carbocycles. The number of fused-ring (bicyclic) bond motifs is 1. The molecule has 2 aromatic rings. The van der Waals surface area contributed by atoms with Crippen LogP contribution in [0, 0.1) is 5.92 Å². The quantitative estimate of drug-likeness (QED) is 0.525. The standard InChI is InChI=1S/C22H34N4O4Si/c1-14(27)25-20-18-8-9-26(21(18)24-13-23-20)17-10-16(19(11-17)30-15(2)28)12-29-31(6,7)22(3,4)5/h8-9,13,16-17,19H,10-12H2,1-7H3,(H,23,24,25,27)/t16-,17+,19-/m0/s1. The van der Waals surface area contributed by atoms with Crippen LogP contribution in [0.2, 0.25) is 18.1 Å². The van der Waals surface area contributed by atoms with Gasteiger partial charge in [-0.25, -0.2) is 9.97 Å². The SMILES string of the molecule is CC(=O)Nc1ncnc2c1ccn2[C@@H]1C[C@@H](CO[Si](C)(C)C(C)(C)C)[C@@H](OC(C)=O)C1. The van der Waals surface area contributed by atoms with Crippen LogP contribution in [0.5, 0.6) is 0 Å². The van der Waals surface area contributed by atoms with Crippen LogP contribution in [-0.2, 0) is 18.8 Å². The number of carbonyl (C=O) groups is 2. The summed E-state index contributed by atoms with van der Waals surface area (Å²) in [6, 6.07) is 2.04. The maximum Gasteiger partial charge on any atom is 0.302 e. The molecule has 0 unspecified atom stereocenters. The van der Waals surface area contributed by atoms with E-state index < -0.39 is 8.32 Å². The lowest BCUT2D eigenvalue weighted by Crippen LogP contribution is -2.42. The predicted octanol–water partition coefficient (Wildman–Crippen LogP) is 4.29. The van der Waals surface area contributed by atoms with E-state index in [2.05, 4.69) is 53.7 Å². The molecular formula is C22H34N4O4Si. The number of hydrogen-bond acceptors (Lipinski definition) is 6. The van der Waals surface area contributed by atoms with Crippen LogP contribution in [0.25, 0.3) is 11.0 Å². The molecule has 0 aromatic carbocycles. The maximum atomic E-state index is 11.7. The molecule has 2 aromatic heterocycles. The average Bonchev–Trinajstić information content (AvgIpc) is 3.22. The highest BCUT2D eigenvalue weighted by Gasteiger charge is 2.42. The van der Waals surface area contributed by atoms with E-state index in [1.807, 2.05) is 12.3 Å². The second-order valence-corrected chi connectivity index (χ2v) is 14.8. The van der Waals surface area contributed by atoms with Gasteiger partial charge in [-0.2, -0.15) is 0 Å². The summed E-state index contributed by atoms with van der Waals surface area (Å²) in [6.07, 6.45) is 4.77. The van der Waals surface area contributed by atoms with E-state index in [4.69, 9.17) is 9.16 Å². The molecule has 8 nitrogen and oxygen atoms in total. The monoisotopic (exact) mass is 446 g/mol. The van der Waals surface area contributed by atoms with Crippen molar-refractivity contribution in [2.45, 2.75) is 77.7 Å². The minimum Gasteiger partial charge on any atom is -0.462 e. The number of esters is 1.